The van der Waals surface area contributed by atoms with E-state index in [1.54, 1.807) is 0 Å². The summed E-state index contributed by atoms with van der Waals surface area (Å²) in [5.74, 6) is -1.17. The molecule has 2 aliphatic rings. The fourth-order valence-electron chi connectivity index (χ4n) is 2.90. The van der Waals surface area contributed by atoms with Crippen molar-refractivity contribution in [1.82, 2.24) is 5.32 Å². The molecule has 3 rings (SSSR count). The Balaban J connectivity index is 1.66. The average Bonchev–Trinajstić information content (AvgIpc) is 2.84. The van der Waals surface area contributed by atoms with Crippen molar-refractivity contribution >= 4 is 17.5 Å². The lowest BCUT2D eigenvalue weighted by Gasteiger charge is -2.36. The predicted molar refractivity (Wildman–Crippen MR) is 79.0 cm³/mol. The fourth-order valence-corrected chi connectivity index (χ4v) is 2.90. The van der Waals surface area contributed by atoms with Crippen molar-refractivity contribution in [2.24, 2.45) is 0 Å². The van der Waals surface area contributed by atoms with Crippen LogP contribution < -0.4 is 10.2 Å². The number of aryl methyl sites for hydroxylation is 1. The number of hydrogen-bond donors (Lipinski definition) is 2. The summed E-state index contributed by atoms with van der Waals surface area (Å²) in [6.45, 7) is 2.66. The van der Waals surface area contributed by atoms with E-state index in [-0.39, 0.29) is 6.54 Å². The molecule has 1 aliphatic heterocycles. The summed E-state index contributed by atoms with van der Waals surface area (Å²) in [6, 6.07) is 5.96. The van der Waals surface area contributed by atoms with Crippen LogP contribution in [0.4, 0.5) is 5.69 Å². The Morgan fingerprint density at radius 2 is 2.14 bits per heavy atom. The van der Waals surface area contributed by atoms with Crippen molar-refractivity contribution in [3.63, 3.8) is 0 Å². The number of aliphatic hydroxyl groups is 1. The maximum absolute atomic E-state index is 12.3. The van der Waals surface area contributed by atoms with Gasteiger partial charge >= 0.3 is 11.8 Å². The van der Waals surface area contributed by atoms with Crippen LogP contribution in [0.15, 0.2) is 18.2 Å². The highest BCUT2D eigenvalue weighted by molar-refractivity contribution is 6.40. The molecule has 2 amide bonds. The molecule has 1 aromatic rings. The van der Waals surface area contributed by atoms with Crippen LogP contribution >= 0.6 is 0 Å². The van der Waals surface area contributed by atoms with Gasteiger partial charge in [0.2, 0.25) is 0 Å². The van der Waals surface area contributed by atoms with Crippen molar-refractivity contribution in [2.45, 2.75) is 38.2 Å². The number of amides is 2. The molecule has 0 unspecified atom stereocenters. The predicted octanol–water partition coefficient (Wildman–Crippen LogP) is 0.915. The Hall–Kier alpha value is -1.88. The molecule has 5 nitrogen and oxygen atoms in total. The number of benzene rings is 1. The summed E-state index contributed by atoms with van der Waals surface area (Å²) >= 11 is 0. The van der Waals surface area contributed by atoms with Crippen molar-refractivity contribution < 1.29 is 14.7 Å². The van der Waals surface area contributed by atoms with Gasteiger partial charge in [-0.1, -0.05) is 12.1 Å². The standard InChI is InChI=1S/C16H20N2O3/c1-11-3-4-12-5-8-18(13(12)9-11)15(20)14(19)17-10-16(21)6-2-7-16/h3-4,9,21H,2,5-8,10H2,1H3,(H,17,19). The minimum Gasteiger partial charge on any atom is -0.388 e. The van der Waals surface area contributed by atoms with Crippen molar-refractivity contribution in [3.8, 4) is 0 Å². The van der Waals surface area contributed by atoms with Gasteiger partial charge in [0.1, 0.15) is 0 Å². The third kappa shape index (κ3) is 2.65. The van der Waals surface area contributed by atoms with Crippen LogP contribution in [0.5, 0.6) is 0 Å². The number of anilines is 1. The SMILES string of the molecule is Cc1ccc2c(c1)N(C(=O)C(=O)NCC1(O)CCC1)CC2. The van der Waals surface area contributed by atoms with E-state index in [1.165, 1.54) is 4.90 Å². The van der Waals surface area contributed by atoms with Gasteiger partial charge in [0.25, 0.3) is 0 Å². The van der Waals surface area contributed by atoms with E-state index in [4.69, 9.17) is 0 Å². The smallest absolute Gasteiger partial charge is 0.316 e. The summed E-state index contributed by atoms with van der Waals surface area (Å²) < 4.78 is 0. The highest BCUT2D eigenvalue weighted by atomic mass is 16.3. The van der Waals surface area contributed by atoms with Crippen LogP contribution in [-0.4, -0.2) is 35.6 Å². The van der Waals surface area contributed by atoms with Crippen molar-refractivity contribution in [2.75, 3.05) is 18.0 Å². The average molecular weight is 288 g/mol. The number of rotatable bonds is 2. The molecule has 5 heteroatoms. The van der Waals surface area contributed by atoms with Crippen LogP contribution in [0.3, 0.4) is 0 Å². The second-order valence-corrected chi connectivity index (χ2v) is 6.10. The lowest BCUT2D eigenvalue weighted by molar-refractivity contribution is -0.138. The molecule has 0 spiro atoms. The Labute approximate surface area is 123 Å². The molecule has 1 heterocycles. The quantitative estimate of drug-likeness (QED) is 0.795. The van der Waals surface area contributed by atoms with Gasteiger partial charge in [-0.15, -0.1) is 0 Å². The number of carbonyl (C=O) groups is 2. The molecule has 1 aromatic carbocycles. The monoisotopic (exact) mass is 288 g/mol. The van der Waals surface area contributed by atoms with E-state index in [2.05, 4.69) is 5.32 Å². The molecular weight excluding hydrogens is 268 g/mol. The third-order valence-electron chi connectivity index (χ3n) is 4.44. The van der Waals surface area contributed by atoms with E-state index in [0.29, 0.717) is 19.4 Å². The minimum absolute atomic E-state index is 0.159. The van der Waals surface area contributed by atoms with E-state index in [1.807, 2.05) is 25.1 Å². The summed E-state index contributed by atoms with van der Waals surface area (Å²) in [7, 11) is 0. The van der Waals surface area contributed by atoms with Crippen LogP contribution in [-0.2, 0) is 16.0 Å². The first-order valence-corrected chi connectivity index (χ1v) is 7.40. The maximum atomic E-state index is 12.3. The zero-order valence-corrected chi connectivity index (χ0v) is 12.2. The molecule has 21 heavy (non-hydrogen) atoms. The van der Waals surface area contributed by atoms with Crippen molar-refractivity contribution in [3.05, 3.63) is 29.3 Å². The van der Waals surface area contributed by atoms with Gasteiger partial charge in [0.05, 0.1) is 5.60 Å². The van der Waals surface area contributed by atoms with E-state index in [0.717, 1.165) is 29.7 Å². The molecule has 112 valence electrons. The van der Waals surface area contributed by atoms with Gasteiger partial charge in [-0.2, -0.15) is 0 Å². The van der Waals surface area contributed by atoms with Crippen molar-refractivity contribution in [1.29, 1.82) is 0 Å². The molecule has 0 aromatic heterocycles. The highest BCUT2D eigenvalue weighted by Gasteiger charge is 2.36. The zero-order valence-electron chi connectivity index (χ0n) is 12.2. The Bertz CT molecular complexity index is 593. The van der Waals surface area contributed by atoms with Crippen LogP contribution in [0.25, 0.3) is 0 Å². The Kier molecular flexibility index (Phi) is 3.45. The van der Waals surface area contributed by atoms with Crippen LogP contribution in [0.1, 0.15) is 30.4 Å². The highest BCUT2D eigenvalue weighted by Crippen LogP contribution is 2.31. The zero-order chi connectivity index (χ0) is 15.0. The first kappa shape index (κ1) is 14.1. The van der Waals surface area contributed by atoms with E-state index >= 15 is 0 Å². The lowest BCUT2D eigenvalue weighted by Crippen LogP contribution is -2.51. The summed E-state index contributed by atoms with van der Waals surface area (Å²) in [5, 5.41) is 12.5. The number of fused-ring (bicyclic) bond motifs is 1. The van der Waals surface area contributed by atoms with Gasteiger partial charge in [-0.25, -0.2) is 0 Å². The largest absolute Gasteiger partial charge is 0.388 e. The lowest BCUT2D eigenvalue weighted by atomic mass is 9.80. The third-order valence-corrected chi connectivity index (χ3v) is 4.44. The first-order chi connectivity index (χ1) is 9.98. The Morgan fingerprint density at radius 1 is 1.38 bits per heavy atom. The molecule has 0 bridgehead atoms. The topological polar surface area (TPSA) is 69.6 Å². The van der Waals surface area contributed by atoms with Gasteiger partial charge in [-0.3, -0.25) is 9.59 Å². The number of nitrogens with one attached hydrogen (secondary N) is 1. The normalized spacial score (nSPS) is 18.9. The Morgan fingerprint density at radius 3 is 2.81 bits per heavy atom. The van der Waals surface area contributed by atoms with E-state index < -0.39 is 17.4 Å². The molecule has 1 saturated carbocycles. The number of hydrogen-bond acceptors (Lipinski definition) is 3. The maximum Gasteiger partial charge on any atom is 0.316 e. The summed E-state index contributed by atoms with van der Waals surface area (Å²) in [4.78, 5) is 25.8. The molecule has 2 N–H and O–H groups in total. The summed E-state index contributed by atoms with van der Waals surface area (Å²) in [6.07, 6.45) is 3.12. The number of carbonyl (C=O) groups excluding carboxylic acids is 2. The second-order valence-electron chi connectivity index (χ2n) is 6.10. The van der Waals surface area contributed by atoms with Gasteiger partial charge in [-0.05, 0) is 49.8 Å². The molecule has 1 aliphatic carbocycles. The minimum atomic E-state index is -0.810. The second kappa shape index (κ2) is 5.15. The first-order valence-electron chi connectivity index (χ1n) is 7.40. The molecule has 0 saturated heterocycles. The fraction of sp³-hybridized carbons (Fsp3) is 0.500. The molecular formula is C16H20N2O3. The summed E-state index contributed by atoms with van der Waals surface area (Å²) in [5.41, 5.74) is 2.18. The molecule has 0 atom stereocenters. The van der Waals surface area contributed by atoms with E-state index in [9.17, 15) is 14.7 Å². The number of nitrogens with zero attached hydrogens (tertiary/aromatic N) is 1. The molecule has 0 radical (unpaired) electrons. The van der Waals surface area contributed by atoms with Crippen LogP contribution in [0, 0.1) is 6.92 Å². The van der Waals surface area contributed by atoms with Gasteiger partial charge in [0, 0.05) is 18.8 Å². The van der Waals surface area contributed by atoms with Gasteiger partial charge < -0.3 is 15.3 Å². The van der Waals surface area contributed by atoms with Crippen LogP contribution in [0.2, 0.25) is 0 Å². The molecule has 1 fully saturated rings. The van der Waals surface area contributed by atoms with Gasteiger partial charge in [0.15, 0.2) is 0 Å².